The van der Waals surface area contributed by atoms with Crippen LogP contribution in [0.25, 0.3) is 5.57 Å². The van der Waals surface area contributed by atoms with E-state index >= 15 is 0 Å². The fourth-order valence-corrected chi connectivity index (χ4v) is 1.87. The van der Waals surface area contributed by atoms with Crippen LogP contribution in [0.1, 0.15) is 57.0 Å². The van der Waals surface area contributed by atoms with Crippen LogP contribution in [-0.4, -0.2) is 24.1 Å². The van der Waals surface area contributed by atoms with E-state index in [1.54, 1.807) is 19.1 Å². The molecule has 0 amide bonds. The van der Waals surface area contributed by atoms with Gasteiger partial charge in [0.15, 0.2) is 0 Å². The summed E-state index contributed by atoms with van der Waals surface area (Å²) < 4.78 is 10.2. The lowest BCUT2D eigenvalue weighted by atomic mass is 10.0. The van der Waals surface area contributed by atoms with Gasteiger partial charge in [0.05, 0.1) is 12.2 Å². The molecule has 0 aliphatic rings. The maximum Gasteiger partial charge on any atom is 0.338 e. The minimum atomic E-state index is -0.520. The summed E-state index contributed by atoms with van der Waals surface area (Å²) in [4.78, 5) is 23.5. The Balaban J connectivity index is 2.91. The van der Waals surface area contributed by atoms with Gasteiger partial charge in [-0.15, -0.1) is 0 Å². The molecule has 0 aliphatic carbocycles. The predicted octanol–water partition coefficient (Wildman–Crippen LogP) is 4.00. The molecule has 0 saturated carbocycles. The number of hydrogen-bond acceptors (Lipinski definition) is 4. The van der Waals surface area contributed by atoms with Crippen molar-refractivity contribution in [2.24, 2.45) is 0 Å². The Morgan fingerprint density at radius 2 is 1.59 bits per heavy atom. The maximum absolute atomic E-state index is 12.0. The second-order valence-corrected chi connectivity index (χ2v) is 5.85. The predicted molar refractivity (Wildman–Crippen MR) is 86.5 cm³/mol. The summed E-state index contributed by atoms with van der Waals surface area (Å²) in [6.45, 7) is 9.58. The van der Waals surface area contributed by atoms with Crippen LogP contribution in [0.4, 0.5) is 0 Å². The number of carbonyl (C=O) groups is 2. The van der Waals surface area contributed by atoms with Crippen LogP contribution in [-0.2, 0) is 14.3 Å². The van der Waals surface area contributed by atoms with Gasteiger partial charge in [0.2, 0.25) is 0 Å². The molecule has 4 nitrogen and oxygen atoms in total. The molecule has 1 rings (SSSR count). The van der Waals surface area contributed by atoms with E-state index in [2.05, 4.69) is 0 Å². The van der Waals surface area contributed by atoms with E-state index in [0.29, 0.717) is 18.6 Å². The van der Waals surface area contributed by atoms with Crippen LogP contribution in [0.2, 0.25) is 0 Å². The molecular weight excluding hydrogens is 280 g/mol. The smallest absolute Gasteiger partial charge is 0.338 e. The van der Waals surface area contributed by atoms with Gasteiger partial charge in [0, 0.05) is 6.08 Å². The highest BCUT2D eigenvalue weighted by atomic mass is 16.6. The molecule has 0 atom stereocenters. The fraction of sp³-hybridized carbons (Fsp3) is 0.444. The van der Waals surface area contributed by atoms with E-state index in [1.807, 2.05) is 39.8 Å². The monoisotopic (exact) mass is 304 g/mol. The van der Waals surface area contributed by atoms with Crippen molar-refractivity contribution in [2.45, 2.75) is 46.6 Å². The second-order valence-electron chi connectivity index (χ2n) is 5.85. The molecule has 0 heterocycles. The molecule has 0 saturated heterocycles. The molecule has 4 heteroatoms. The molecule has 0 radical (unpaired) electrons. The molecule has 120 valence electrons. The van der Waals surface area contributed by atoms with E-state index in [9.17, 15) is 9.59 Å². The lowest BCUT2D eigenvalue weighted by molar-refractivity contribution is -0.137. The molecule has 22 heavy (non-hydrogen) atoms. The number of ether oxygens (including phenoxy) is 2. The first-order valence-corrected chi connectivity index (χ1v) is 7.48. The van der Waals surface area contributed by atoms with Gasteiger partial charge in [-0.25, -0.2) is 9.59 Å². The largest absolute Gasteiger partial charge is 0.463 e. The number of benzene rings is 1. The highest BCUT2D eigenvalue weighted by Gasteiger charge is 2.17. The maximum atomic E-state index is 12.0. The Bertz CT molecular complexity index is 547. The quantitative estimate of drug-likeness (QED) is 0.609. The van der Waals surface area contributed by atoms with Crippen LogP contribution in [0.3, 0.4) is 0 Å². The van der Waals surface area contributed by atoms with Crippen molar-refractivity contribution in [3.8, 4) is 0 Å². The Hall–Kier alpha value is -2.10. The molecule has 0 fully saturated rings. The van der Waals surface area contributed by atoms with Gasteiger partial charge in [-0.3, -0.25) is 0 Å². The minimum absolute atomic E-state index is 0.351. The third kappa shape index (κ3) is 5.72. The third-order valence-electron chi connectivity index (χ3n) is 2.85. The van der Waals surface area contributed by atoms with Gasteiger partial charge >= 0.3 is 11.9 Å². The van der Waals surface area contributed by atoms with Crippen LogP contribution in [0.5, 0.6) is 0 Å². The summed E-state index contributed by atoms with van der Waals surface area (Å²) in [6.07, 6.45) is 2.19. The normalized spacial score (nSPS) is 12.0. The summed E-state index contributed by atoms with van der Waals surface area (Å²) in [5, 5.41) is 0. The first-order chi connectivity index (χ1) is 10.3. The SMILES string of the molecule is CCOC(=O)/C=C(\CC)c1ccc(C(=O)OC(C)(C)C)cc1. The summed E-state index contributed by atoms with van der Waals surface area (Å²) in [5.41, 5.74) is 1.73. The van der Waals surface area contributed by atoms with Crippen LogP contribution in [0.15, 0.2) is 30.3 Å². The highest BCUT2D eigenvalue weighted by Crippen LogP contribution is 2.20. The molecule has 1 aromatic carbocycles. The standard InChI is InChI=1S/C18H24O4/c1-6-13(12-16(19)21-7-2)14-8-10-15(11-9-14)17(20)22-18(3,4)5/h8-12H,6-7H2,1-5H3/b13-12+. The van der Waals surface area contributed by atoms with Crippen molar-refractivity contribution >= 4 is 17.5 Å². The number of carbonyl (C=O) groups excluding carboxylic acids is 2. The van der Waals surface area contributed by atoms with Gasteiger partial charge in [0.25, 0.3) is 0 Å². The molecule has 0 N–H and O–H groups in total. The Labute approximate surface area is 132 Å². The summed E-state index contributed by atoms with van der Waals surface area (Å²) in [6, 6.07) is 7.04. The average molecular weight is 304 g/mol. The van der Waals surface area contributed by atoms with Gasteiger partial charge in [0.1, 0.15) is 5.60 Å². The van der Waals surface area contributed by atoms with E-state index in [-0.39, 0.29) is 11.9 Å². The Morgan fingerprint density at radius 1 is 1.05 bits per heavy atom. The fourth-order valence-electron chi connectivity index (χ4n) is 1.87. The molecule has 1 aromatic rings. The molecule has 0 spiro atoms. The van der Waals surface area contributed by atoms with E-state index in [1.165, 1.54) is 6.08 Å². The van der Waals surface area contributed by atoms with E-state index < -0.39 is 5.60 Å². The number of rotatable bonds is 5. The first kappa shape index (κ1) is 18.0. The van der Waals surface area contributed by atoms with Crippen molar-refractivity contribution in [1.82, 2.24) is 0 Å². The zero-order valence-corrected chi connectivity index (χ0v) is 13.9. The molecular formula is C18H24O4. The zero-order chi connectivity index (χ0) is 16.8. The van der Waals surface area contributed by atoms with Gasteiger partial charge in [-0.2, -0.15) is 0 Å². The molecule has 0 unspecified atom stereocenters. The summed E-state index contributed by atoms with van der Waals surface area (Å²) in [5.74, 6) is -0.706. The van der Waals surface area contributed by atoms with E-state index in [4.69, 9.17) is 9.47 Å². The van der Waals surface area contributed by atoms with Crippen LogP contribution < -0.4 is 0 Å². The summed E-state index contributed by atoms with van der Waals surface area (Å²) >= 11 is 0. The van der Waals surface area contributed by atoms with Crippen molar-refractivity contribution < 1.29 is 19.1 Å². The van der Waals surface area contributed by atoms with Crippen molar-refractivity contribution in [2.75, 3.05) is 6.61 Å². The topological polar surface area (TPSA) is 52.6 Å². The molecule has 0 aromatic heterocycles. The summed E-state index contributed by atoms with van der Waals surface area (Å²) in [7, 11) is 0. The number of allylic oxidation sites excluding steroid dienone is 1. The average Bonchev–Trinajstić information content (AvgIpc) is 2.43. The van der Waals surface area contributed by atoms with Crippen molar-refractivity contribution in [3.63, 3.8) is 0 Å². The lowest BCUT2D eigenvalue weighted by Crippen LogP contribution is -2.23. The Kier molecular flexibility index (Phi) is 6.35. The Morgan fingerprint density at radius 3 is 2.05 bits per heavy atom. The van der Waals surface area contributed by atoms with Gasteiger partial charge < -0.3 is 9.47 Å². The van der Waals surface area contributed by atoms with Gasteiger partial charge in [-0.1, -0.05) is 19.1 Å². The minimum Gasteiger partial charge on any atom is -0.463 e. The second kappa shape index (κ2) is 7.78. The highest BCUT2D eigenvalue weighted by molar-refractivity contribution is 5.93. The molecule has 0 aliphatic heterocycles. The van der Waals surface area contributed by atoms with Crippen LogP contribution >= 0.6 is 0 Å². The number of esters is 2. The van der Waals surface area contributed by atoms with Gasteiger partial charge in [-0.05, 0) is 57.4 Å². The number of hydrogen-bond donors (Lipinski definition) is 0. The molecule has 0 bridgehead atoms. The van der Waals surface area contributed by atoms with Crippen LogP contribution in [0, 0.1) is 0 Å². The first-order valence-electron chi connectivity index (χ1n) is 7.48. The van der Waals surface area contributed by atoms with Crippen molar-refractivity contribution in [3.05, 3.63) is 41.5 Å². The zero-order valence-electron chi connectivity index (χ0n) is 13.9. The van der Waals surface area contributed by atoms with E-state index in [0.717, 1.165) is 11.1 Å². The van der Waals surface area contributed by atoms with Crippen molar-refractivity contribution in [1.29, 1.82) is 0 Å². The third-order valence-corrected chi connectivity index (χ3v) is 2.85. The lowest BCUT2D eigenvalue weighted by Gasteiger charge is -2.19.